The highest BCUT2D eigenvalue weighted by Gasteiger charge is 2.39. The Morgan fingerprint density at radius 1 is 1.40 bits per heavy atom. The van der Waals surface area contributed by atoms with Gasteiger partial charge in [0.15, 0.2) is 0 Å². The largest absolute Gasteiger partial charge is 0.383 e. The second kappa shape index (κ2) is 4.66. The molecular weight excluding hydrogens is 257 g/mol. The zero-order valence-electron chi connectivity index (χ0n) is 11.7. The molecule has 0 radical (unpaired) electrons. The molecular formula is C15H18FN3O. The molecule has 1 aromatic heterocycles. The van der Waals surface area contributed by atoms with Gasteiger partial charge in [0.1, 0.15) is 17.1 Å². The van der Waals surface area contributed by atoms with Crippen molar-refractivity contribution >= 4 is 0 Å². The van der Waals surface area contributed by atoms with E-state index in [2.05, 4.69) is 10.3 Å². The Hall–Kier alpha value is -1.75. The number of rotatable bonds is 3. The Labute approximate surface area is 117 Å². The van der Waals surface area contributed by atoms with Crippen LogP contribution < -0.4 is 0 Å². The van der Waals surface area contributed by atoms with Crippen LogP contribution in [-0.4, -0.2) is 20.1 Å². The van der Waals surface area contributed by atoms with Gasteiger partial charge in [-0.3, -0.25) is 0 Å². The van der Waals surface area contributed by atoms with E-state index in [0.717, 1.165) is 30.4 Å². The lowest BCUT2D eigenvalue weighted by Crippen LogP contribution is -2.34. The van der Waals surface area contributed by atoms with Crippen molar-refractivity contribution in [1.29, 1.82) is 0 Å². The second-order valence-corrected chi connectivity index (χ2v) is 5.65. The van der Waals surface area contributed by atoms with Crippen molar-refractivity contribution in [2.45, 2.75) is 44.8 Å². The molecule has 4 nitrogen and oxygen atoms in total. The minimum absolute atomic E-state index is 0.0412. The van der Waals surface area contributed by atoms with Crippen LogP contribution in [0, 0.1) is 12.7 Å². The van der Waals surface area contributed by atoms with E-state index in [1.807, 2.05) is 13.8 Å². The van der Waals surface area contributed by atoms with Crippen LogP contribution in [0.1, 0.15) is 49.0 Å². The quantitative estimate of drug-likeness (QED) is 0.937. The summed E-state index contributed by atoms with van der Waals surface area (Å²) in [6.07, 6.45) is 4.31. The fourth-order valence-corrected chi connectivity index (χ4v) is 2.70. The molecule has 1 heterocycles. The molecule has 1 aliphatic rings. The number of hydrogen-bond donors (Lipinski definition) is 1. The van der Waals surface area contributed by atoms with Crippen molar-refractivity contribution in [3.05, 3.63) is 47.0 Å². The van der Waals surface area contributed by atoms with Gasteiger partial charge in [0.05, 0.1) is 12.2 Å². The lowest BCUT2D eigenvalue weighted by molar-refractivity contribution is -0.0427. The molecule has 1 fully saturated rings. The van der Waals surface area contributed by atoms with Gasteiger partial charge in [0, 0.05) is 0 Å². The standard InChI is InChI=1S/C15H18FN3O/c1-10-8-12(16)4-5-13(10)11(2)19-9-14(17-18-19)15(20)6-3-7-15/h4-5,8-9,11,20H,3,6-7H2,1-2H3/t11-/m1/s1. The average molecular weight is 275 g/mol. The van der Waals surface area contributed by atoms with E-state index in [-0.39, 0.29) is 11.9 Å². The molecule has 0 aliphatic heterocycles. The third kappa shape index (κ3) is 2.12. The summed E-state index contributed by atoms with van der Waals surface area (Å²) in [4.78, 5) is 0. The first kappa shape index (κ1) is 13.2. The van der Waals surface area contributed by atoms with Crippen molar-refractivity contribution in [2.24, 2.45) is 0 Å². The highest BCUT2D eigenvalue weighted by Crippen LogP contribution is 2.40. The van der Waals surface area contributed by atoms with Crippen LogP contribution in [-0.2, 0) is 5.60 Å². The van der Waals surface area contributed by atoms with E-state index >= 15 is 0 Å². The van der Waals surface area contributed by atoms with Crippen LogP contribution in [0.5, 0.6) is 0 Å². The van der Waals surface area contributed by atoms with Crippen molar-refractivity contribution < 1.29 is 9.50 Å². The minimum atomic E-state index is -0.796. The lowest BCUT2D eigenvalue weighted by atomic mass is 9.78. The SMILES string of the molecule is Cc1cc(F)ccc1[C@@H](C)n1cc(C2(O)CCC2)nn1. The molecule has 0 amide bonds. The maximum atomic E-state index is 13.2. The first-order chi connectivity index (χ1) is 9.49. The molecule has 1 atom stereocenters. The predicted octanol–water partition coefficient (Wildman–Crippen LogP) is 2.71. The summed E-state index contributed by atoms with van der Waals surface area (Å²) in [5.74, 6) is -0.235. The van der Waals surface area contributed by atoms with Crippen LogP contribution in [0.4, 0.5) is 4.39 Å². The Bertz CT molecular complexity index is 634. The van der Waals surface area contributed by atoms with Crippen molar-refractivity contribution in [3.8, 4) is 0 Å². The Kier molecular flexibility index (Phi) is 3.09. The van der Waals surface area contributed by atoms with Crippen LogP contribution in [0.25, 0.3) is 0 Å². The Balaban J connectivity index is 1.89. The molecule has 5 heteroatoms. The minimum Gasteiger partial charge on any atom is -0.383 e. The molecule has 0 saturated heterocycles. The number of aliphatic hydroxyl groups is 1. The van der Waals surface area contributed by atoms with Gasteiger partial charge in [-0.2, -0.15) is 0 Å². The van der Waals surface area contributed by atoms with Crippen LogP contribution in [0.15, 0.2) is 24.4 Å². The number of aryl methyl sites for hydroxylation is 1. The Morgan fingerprint density at radius 3 is 2.75 bits per heavy atom. The molecule has 1 aromatic carbocycles. The highest BCUT2D eigenvalue weighted by molar-refractivity contribution is 5.29. The monoisotopic (exact) mass is 275 g/mol. The third-order valence-corrected chi connectivity index (χ3v) is 4.25. The molecule has 0 bridgehead atoms. The maximum Gasteiger partial charge on any atom is 0.123 e. The van der Waals surface area contributed by atoms with Crippen LogP contribution in [0.2, 0.25) is 0 Å². The average Bonchev–Trinajstić information content (AvgIpc) is 2.85. The molecule has 1 N–H and O–H groups in total. The van der Waals surface area contributed by atoms with E-state index in [9.17, 15) is 9.50 Å². The van der Waals surface area contributed by atoms with E-state index in [0.29, 0.717) is 5.69 Å². The molecule has 0 spiro atoms. The van der Waals surface area contributed by atoms with Crippen LogP contribution in [0.3, 0.4) is 0 Å². The first-order valence-electron chi connectivity index (χ1n) is 6.90. The summed E-state index contributed by atoms with van der Waals surface area (Å²) in [7, 11) is 0. The van der Waals surface area contributed by atoms with Crippen molar-refractivity contribution in [2.75, 3.05) is 0 Å². The maximum absolute atomic E-state index is 13.2. The van der Waals surface area contributed by atoms with Gasteiger partial charge in [0.2, 0.25) is 0 Å². The van der Waals surface area contributed by atoms with Crippen LogP contribution >= 0.6 is 0 Å². The smallest absolute Gasteiger partial charge is 0.123 e. The zero-order valence-corrected chi connectivity index (χ0v) is 11.7. The van der Waals surface area contributed by atoms with Crippen molar-refractivity contribution in [3.63, 3.8) is 0 Å². The van der Waals surface area contributed by atoms with Gasteiger partial charge in [-0.25, -0.2) is 9.07 Å². The normalized spacial score (nSPS) is 18.6. The molecule has 106 valence electrons. The second-order valence-electron chi connectivity index (χ2n) is 5.65. The fourth-order valence-electron chi connectivity index (χ4n) is 2.70. The van der Waals surface area contributed by atoms with E-state index < -0.39 is 5.60 Å². The predicted molar refractivity (Wildman–Crippen MR) is 72.7 cm³/mol. The van der Waals surface area contributed by atoms with E-state index in [1.54, 1.807) is 16.9 Å². The molecule has 1 aliphatic carbocycles. The zero-order chi connectivity index (χ0) is 14.3. The summed E-state index contributed by atoms with van der Waals surface area (Å²) in [5.41, 5.74) is 1.73. The highest BCUT2D eigenvalue weighted by atomic mass is 19.1. The molecule has 3 rings (SSSR count). The van der Waals surface area contributed by atoms with Gasteiger partial charge in [-0.15, -0.1) is 5.10 Å². The number of benzene rings is 1. The lowest BCUT2D eigenvalue weighted by Gasteiger charge is -2.34. The van der Waals surface area contributed by atoms with Crippen molar-refractivity contribution in [1.82, 2.24) is 15.0 Å². The number of nitrogens with zero attached hydrogens (tertiary/aromatic N) is 3. The van der Waals surface area contributed by atoms with Gasteiger partial charge in [0.25, 0.3) is 0 Å². The molecule has 2 aromatic rings. The van der Waals surface area contributed by atoms with E-state index in [1.165, 1.54) is 12.1 Å². The summed E-state index contributed by atoms with van der Waals surface area (Å²) >= 11 is 0. The van der Waals surface area contributed by atoms with Gasteiger partial charge >= 0.3 is 0 Å². The summed E-state index contributed by atoms with van der Waals surface area (Å²) in [6, 6.07) is 4.70. The molecule has 20 heavy (non-hydrogen) atoms. The molecule has 0 unspecified atom stereocenters. The number of hydrogen-bond acceptors (Lipinski definition) is 3. The summed E-state index contributed by atoms with van der Waals surface area (Å²) in [6.45, 7) is 3.87. The fraction of sp³-hybridized carbons (Fsp3) is 0.467. The topological polar surface area (TPSA) is 50.9 Å². The van der Waals surface area contributed by atoms with Gasteiger partial charge in [-0.05, 0) is 56.4 Å². The summed E-state index contributed by atoms with van der Waals surface area (Å²) < 4.78 is 14.9. The number of halogens is 1. The summed E-state index contributed by atoms with van der Waals surface area (Å²) in [5, 5.41) is 18.5. The number of aromatic nitrogens is 3. The van der Waals surface area contributed by atoms with Gasteiger partial charge < -0.3 is 5.11 Å². The van der Waals surface area contributed by atoms with Gasteiger partial charge in [-0.1, -0.05) is 11.3 Å². The van der Waals surface area contributed by atoms with E-state index in [4.69, 9.17) is 0 Å². The molecule has 1 saturated carbocycles. The Morgan fingerprint density at radius 2 is 2.15 bits per heavy atom. The third-order valence-electron chi connectivity index (χ3n) is 4.25. The first-order valence-corrected chi connectivity index (χ1v) is 6.90.